The number of benzene rings is 1. The van der Waals surface area contributed by atoms with E-state index >= 15 is 0 Å². The van der Waals surface area contributed by atoms with Gasteiger partial charge in [-0.2, -0.15) is 4.89 Å². The van der Waals surface area contributed by atoms with Gasteiger partial charge in [-0.25, -0.2) is 0 Å². The first-order valence-electron chi connectivity index (χ1n) is 3.95. The number of para-hydroxylation sites is 1. The third-order valence-corrected chi connectivity index (χ3v) is 1.78. The highest BCUT2D eigenvalue weighted by Crippen LogP contribution is 2.33. The summed E-state index contributed by atoms with van der Waals surface area (Å²) in [5, 5.41) is 0. The third kappa shape index (κ3) is 1.59. The van der Waals surface area contributed by atoms with Gasteiger partial charge in [-0.1, -0.05) is 12.1 Å². The molecule has 0 aromatic heterocycles. The average Bonchev–Trinajstić information content (AvgIpc) is 2.19. The molecular formula is C9H10O4. The molecule has 1 aromatic rings. The summed E-state index contributed by atoms with van der Waals surface area (Å²) in [6.45, 7) is 0.813. The number of hydrogen-bond acceptors (Lipinski definition) is 4. The second kappa shape index (κ2) is 3.64. The van der Waals surface area contributed by atoms with E-state index in [2.05, 4.69) is 4.89 Å². The highest BCUT2D eigenvalue weighted by atomic mass is 17.2. The van der Waals surface area contributed by atoms with Crippen LogP contribution in [0.2, 0.25) is 0 Å². The first-order chi connectivity index (χ1) is 6.42. The summed E-state index contributed by atoms with van der Waals surface area (Å²) in [6.07, 6.45) is 0. The lowest BCUT2D eigenvalue weighted by atomic mass is 10.2. The molecule has 0 bridgehead atoms. The van der Waals surface area contributed by atoms with Crippen molar-refractivity contribution in [2.24, 2.45) is 0 Å². The molecule has 0 fully saturated rings. The molecule has 0 unspecified atom stereocenters. The smallest absolute Gasteiger partial charge is 0.207 e. The van der Waals surface area contributed by atoms with Crippen LogP contribution in [0, 0.1) is 0 Å². The third-order valence-electron chi connectivity index (χ3n) is 1.78. The molecule has 1 aromatic carbocycles. The molecule has 0 saturated carbocycles. The Hall–Kier alpha value is -1.26. The largest absolute Gasteiger partial charge is 0.463 e. The highest BCUT2D eigenvalue weighted by molar-refractivity contribution is 5.46. The summed E-state index contributed by atoms with van der Waals surface area (Å²) < 4.78 is 10.4. The molecule has 0 amide bonds. The van der Waals surface area contributed by atoms with E-state index in [1.807, 2.05) is 12.1 Å². The molecule has 0 N–H and O–H groups in total. The fourth-order valence-electron chi connectivity index (χ4n) is 1.25. The maximum absolute atomic E-state index is 5.28. The van der Waals surface area contributed by atoms with E-state index < -0.39 is 0 Å². The Balaban J connectivity index is 2.34. The fraction of sp³-hybridized carbons (Fsp3) is 0.333. The Labute approximate surface area is 75.9 Å². The van der Waals surface area contributed by atoms with E-state index in [9.17, 15) is 0 Å². The SMILES string of the molecule is COOc1cccc2c1OCOC2. The van der Waals surface area contributed by atoms with Crippen LogP contribution in [-0.2, 0) is 16.2 Å². The Morgan fingerprint density at radius 2 is 2.31 bits per heavy atom. The van der Waals surface area contributed by atoms with Crippen molar-refractivity contribution in [1.29, 1.82) is 0 Å². The standard InChI is InChI=1S/C9H10O4/c1-10-13-8-4-2-3-7-5-11-6-12-9(7)8/h2-4H,5-6H2,1H3. The molecule has 0 aliphatic carbocycles. The predicted molar refractivity (Wildman–Crippen MR) is 44.4 cm³/mol. The second-order valence-corrected chi connectivity index (χ2v) is 2.61. The summed E-state index contributed by atoms with van der Waals surface area (Å²) >= 11 is 0. The summed E-state index contributed by atoms with van der Waals surface area (Å²) in [5.74, 6) is 1.29. The van der Waals surface area contributed by atoms with Gasteiger partial charge in [-0.3, -0.25) is 0 Å². The lowest BCUT2D eigenvalue weighted by Crippen LogP contribution is -2.12. The van der Waals surface area contributed by atoms with Gasteiger partial charge in [-0.15, -0.1) is 0 Å². The molecule has 0 spiro atoms. The van der Waals surface area contributed by atoms with Crippen molar-refractivity contribution in [3.8, 4) is 11.5 Å². The van der Waals surface area contributed by atoms with Crippen molar-refractivity contribution in [1.82, 2.24) is 0 Å². The van der Waals surface area contributed by atoms with E-state index in [1.54, 1.807) is 6.07 Å². The van der Waals surface area contributed by atoms with Gasteiger partial charge in [0.05, 0.1) is 13.7 Å². The minimum atomic E-state index is 0.261. The van der Waals surface area contributed by atoms with Crippen molar-refractivity contribution in [2.75, 3.05) is 13.9 Å². The van der Waals surface area contributed by atoms with E-state index in [4.69, 9.17) is 14.4 Å². The quantitative estimate of drug-likeness (QED) is 0.513. The molecule has 0 atom stereocenters. The number of ether oxygens (including phenoxy) is 2. The molecule has 1 aliphatic heterocycles. The summed E-state index contributed by atoms with van der Waals surface area (Å²) in [4.78, 5) is 9.50. The first kappa shape index (κ1) is 8.34. The molecule has 0 saturated heterocycles. The molecule has 1 aliphatic rings. The number of fused-ring (bicyclic) bond motifs is 1. The average molecular weight is 182 g/mol. The Morgan fingerprint density at radius 1 is 1.38 bits per heavy atom. The van der Waals surface area contributed by atoms with Gasteiger partial charge in [0.15, 0.2) is 12.5 Å². The Kier molecular flexibility index (Phi) is 2.33. The van der Waals surface area contributed by atoms with Crippen molar-refractivity contribution in [2.45, 2.75) is 6.61 Å². The van der Waals surface area contributed by atoms with Crippen LogP contribution in [0.4, 0.5) is 0 Å². The first-order valence-corrected chi connectivity index (χ1v) is 3.95. The van der Waals surface area contributed by atoms with Gasteiger partial charge in [-0.05, 0) is 6.07 Å². The van der Waals surface area contributed by atoms with Crippen LogP contribution in [0.15, 0.2) is 18.2 Å². The van der Waals surface area contributed by atoms with E-state index in [0.717, 1.165) is 5.56 Å². The number of hydrogen-bond donors (Lipinski definition) is 0. The van der Waals surface area contributed by atoms with Crippen molar-refractivity contribution >= 4 is 0 Å². The zero-order valence-electron chi connectivity index (χ0n) is 7.28. The number of rotatable bonds is 2. The Bertz CT molecular complexity index is 298. The van der Waals surface area contributed by atoms with Crippen LogP contribution in [0.5, 0.6) is 11.5 Å². The summed E-state index contributed by atoms with van der Waals surface area (Å²) in [5.41, 5.74) is 0.973. The zero-order valence-corrected chi connectivity index (χ0v) is 7.28. The molecule has 0 radical (unpaired) electrons. The van der Waals surface area contributed by atoms with Crippen molar-refractivity contribution < 1.29 is 19.2 Å². The van der Waals surface area contributed by atoms with Crippen LogP contribution in [0.1, 0.15) is 5.56 Å². The predicted octanol–water partition coefficient (Wildman–Crippen LogP) is 1.49. The van der Waals surface area contributed by atoms with Crippen LogP contribution in [0.25, 0.3) is 0 Å². The lowest BCUT2D eigenvalue weighted by molar-refractivity contribution is -0.180. The van der Waals surface area contributed by atoms with Crippen LogP contribution < -0.4 is 9.62 Å². The minimum Gasteiger partial charge on any atom is -0.463 e. The van der Waals surface area contributed by atoms with Crippen LogP contribution in [-0.4, -0.2) is 13.9 Å². The molecule has 1 heterocycles. The fourth-order valence-corrected chi connectivity index (χ4v) is 1.25. The molecule has 4 nitrogen and oxygen atoms in total. The van der Waals surface area contributed by atoms with E-state index in [-0.39, 0.29) is 6.79 Å². The van der Waals surface area contributed by atoms with Gasteiger partial charge in [0.2, 0.25) is 5.75 Å². The van der Waals surface area contributed by atoms with Crippen molar-refractivity contribution in [3.63, 3.8) is 0 Å². The van der Waals surface area contributed by atoms with E-state index in [0.29, 0.717) is 18.1 Å². The molecular weight excluding hydrogens is 172 g/mol. The van der Waals surface area contributed by atoms with Gasteiger partial charge < -0.3 is 14.4 Å². The van der Waals surface area contributed by atoms with Crippen molar-refractivity contribution in [3.05, 3.63) is 23.8 Å². The monoisotopic (exact) mass is 182 g/mol. The molecule has 2 rings (SSSR count). The van der Waals surface area contributed by atoms with E-state index in [1.165, 1.54) is 7.11 Å². The maximum atomic E-state index is 5.28. The highest BCUT2D eigenvalue weighted by Gasteiger charge is 2.15. The van der Waals surface area contributed by atoms with Crippen LogP contribution in [0.3, 0.4) is 0 Å². The van der Waals surface area contributed by atoms with Gasteiger partial charge in [0.25, 0.3) is 0 Å². The van der Waals surface area contributed by atoms with Gasteiger partial charge >= 0.3 is 0 Å². The maximum Gasteiger partial charge on any atom is 0.207 e. The molecule has 4 heteroatoms. The van der Waals surface area contributed by atoms with Gasteiger partial charge in [0, 0.05) is 5.56 Å². The van der Waals surface area contributed by atoms with Gasteiger partial charge in [0.1, 0.15) is 0 Å². The molecule has 70 valence electrons. The summed E-state index contributed by atoms with van der Waals surface area (Å²) in [7, 11) is 1.46. The summed E-state index contributed by atoms with van der Waals surface area (Å²) in [6, 6.07) is 5.58. The minimum absolute atomic E-state index is 0.261. The lowest BCUT2D eigenvalue weighted by Gasteiger charge is -2.19. The zero-order chi connectivity index (χ0) is 9.10. The normalized spacial score (nSPS) is 14.5. The second-order valence-electron chi connectivity index (χ2n) is 2.61. The molecule has 13 heavy (non-hydrogen) atoms. The topological polar surface area (TPSA) is 36.9 Å². The van der Waals surface area contributed by atoms with Crippen LogP contribution >= 0.6 is 0 Å². The Morgan fingerprint density at radius 3 is 3.15 bits per heavy atom.